The van der Waals surface area contributed by atoms with Crippen molar-refractivity contribution in [3.05, 3.63) is 0 Å². The minimum absolute atomic E-state index is 0.691. The van der Waals surface area contributed by atoms with E-state index in [0.717, 1.165) is 12.5 Å². The molecule has 1 atom stereocenters. The first kappa shape index (κ1) is 13.9. The van der Waals surface area contributed by atoms with E-state index in [9.17, 15) is 0 Å². The molecule has 1 aliphatic heterocycles. The minimum atomic E-state index is 0.691. The van der Waals surface area contributed by atoms with Crippen molar-refractivity contribution in [3.8, 4) is 0 Å². The van der Waals surface area contributed by atoms with Gasteiger partial charge >= 0.3 is 0 Å². The summed E-state index contributed by atoms with van der Waals surface area (Å²) in [5.41, 5.74) is 0. The Kier molecular flexibility index (Phi) is 6.32. The molecule has 1 fully saturated rings. The lowest BCUT2D eigenvalue weighted by molar-refractivity contribution is 0.189. The fourth-order valence-corrected chi connectivity index (χ4v) is 2.42. The van der Waals surface area contributed by atoms with Gasteiger partial charge in [-0.25, -0.2) is 0 Å². The van der Waals surface area contributed by atoms with E-state index in [0.29, 0.717) is 6.04 Å². The minimum Gasteiger partial charge on any atom is -0.314 e. The molecule has 0 bridgehead atoms. The number of hydrogen-bond acceptors (Lipinski definition) is 3. The van der Waals surface area contributed by atoms with Crippen molar-refractivity contribution in [1.29, 1.82) is 0 Å². The van der Waals surface area contributed by atoms with Gasteiger partial charge in [-0.1, -0.05) is 0 Å². The van der Waals surface area contributed by atoms with Gasteiger partial charge in [0.15, 0.2) is 0 Å². The monoisotopic (exact) mass is 227 g/mol. The molecule has 0 aromatic heterocycles. The van der Waals surface area contributed by atoms with Gasteiger partial charge in [-0.15, -0.1) is 0 Å². The predicted molar refractivity (Wildman–Crippen MR) is 70.9 cm³/mol. The molecule has 0 aromatic carbocycles. The Morgan fingerprint density at radius 3 is 2.50 bits per heavy atom. The molecule has 1 unspecified atom stereocenters. The normalized spacial score (nSPS) is 21.6. The van der Waals surface area contributed by atoms with Crippen molar-refractivity contribution in [2.24, 2.45) is 5.92 Å². The lowest BCUT2D eigenvalue weighted by Crippen LogP contribution is -2.41. The zero-order valence-corrected chi connectivity index (χ0v) is 11.5. The lowest BCUT2D eigenvalue weighted by atomic mass is 9.90. The van der Waals surface area contributed by atoms with Gasteiger partial charge in [-0.2, -0.15) is 0 Å². The Morgan fingerprint density at radius 2 is 1.94 bits per heavy atom. The largest absolute Gasteiger partial charge is 0.314 e. The third-order valence-electron chi connectivity index (χ3n) is 3.72. The quantitative estimate of drug-likeness (QED) is 0.689. The van der Waals surface area contributed by atoms with Crippen LogP contribution in [0.25, 0.3) is 0 Å². The molecule has 1 heterocycles. The zero-order chi connectivity index (χ0) is 12.0. The van der Waals surface area contributed by atoms with Crippen LogP contribution in [0.15, 0.2) is 0 Å². The van der Waals surface area contributed by atoms with Crippen molar-refractivity contribution in [2.75, 3.05) is 47.3 Å². The summed E-state index contributed by atoms with van der Waals surface area (Å²) in [7, 11) is 6.51. The number of piperidine rings is 1. The van der Waals surface area contributed by atoms with Crippen molar-refractivity contribution >= 4 is 0 Å². The molecule has 0 saturated carbocycles. The molecule has 1 aliphatic rings. The Bertz CT molecular complexity index is 174. The van der Waals surface area contributed by atoms with Gasteiger partial charge in [-0.05, 0) is 79.4 Å². The number of hydrogen-bond donors (Lipinski definition) is 1. The van der Waals surface area contributed by atoms with Crippen molar-refractivity contribution in [2.45, 2.75) is 32.2 Å². The predicted octanol–water partition coefficient (Wildman–Crippen LogP) is 1.26. The summed E-state index contributed by atoms with van der Waals surface area (Å²) >= 11 is 0. The highest BCUT2D eigenvalue weighted by molar-refractivity contribution is 4.78. The summed E-state index contributed by atoms with van der Waals surface area (Å²) in [4.78, 5) is 4.69. The van der Waals surface area contributed by atoms with Crippen LogP contribution < -0.4 is 5.32 Å². The molecule has 0 spiro atoms. The van der Waals surface area contributed by atoms with Crippen molar-refractivity contribution < 1.29 is 0 Å². The maximum atomic E-state index is 3.68. The van der Waals surface area contributed by atoms with E-state index in [1.807, 2.05) is 0 Å². The molecule has 16 heavy (non-hydrogen) atoms. The Hall–Kier alpha value is -0.120. The number of nitrogens with zero attached hydrogens (tertiary/aromatic N) is 2. The topological polar surface area (TPSA) is 18.5 Å². The maximum Gasteiger partial charge on any atom is 0.00679 e. The Morgan fingerprint density at radius 1 is 1.31 bits per heavy atom. The van der Waals surface area contributed by atoms with Crippen molar-refractivity contribution in [1.82, 2.24) is 15.1 Å². The summed E-state index contributed by atoms with van der Waals surface area (Å²) in [6.45, 7) is 7.24. The Labute approximate surface area is 101 Å². The second kappa shape index (κ2) is 7.25. The molecule has 1 N–H and O–H groups in total. The zero-order valence-electron chi connectivity index (χ0n) is 11.5. The van der Waals surface area contributed by atoms with Crippen LogP contribution in [0.5, 0.6) is 0 Å². The smallest absolute Gasteiger partial charge is 0.00679 e. The second-order valence-corrected chi connectivity index (χ2v) is 5.54. The van der Waals surface area contributed by atoms with Crippen LogP contribution in [-0.2, 0) is 0 Å². The van der Waals surface area contributed by atoms with Gasteiger partial charge in [0.1, 0.15) is 0 Å². The van der Waals surface area contributed by atoms with E-state index >= 15 is 0 Å². The highest BCUT2D eigenvalue weighted by Gasteiger charge is 2.21. The van der Waals surface area contributed by atoms with Crippen LogP contribution in [0.1, 0.15) is 26.2 Å². The molecular formula is C13H29N3. The highest BCUT2D eigenvalue weighted by atomic mass is 15.1. The number of likely N-dealkylation sites (tertiary alicyclic amines) is 1. The molecule has 0 amide bonds. The standard InChI is InChI=1S/C13H29N3/c1-12(14-8-5-9-15(2)3)13-6-10-16(4)11-7-13/h12-14H,5-11H2,1-4H3. The van der Waals surface area contributed by atoms with E-state index in [2.05, 4.69) is 43.2 Å². The van der Waals surface area contributed by atoms with Crippen LogP contribution in [0.2, 0.25) is 0 Å². The summed E-state index contributed by atoms with van der Waals surface area (Å²) in [6, 6.07) is 0.691. The summed E-state index contributed by atoms with van der Waals surface area (Å²) in [5.74, 6) is 0.885. The number of rotatable bonds is 6. The molecule has 3 nitrogen and oxygen atoms in total. The van der Waals surface area contributed by atoms with Crippen LogP contribution in [0, 0.1) is 5.92 Å². The van der Waals surface area contributed by atoms with Gasteiger partial charge in [0, 0.05) is 6.04 Å². The second-order valence-electron chi connectivity index (χ2n) is 5.54. The van der Waals surface area contributed by atoms with Crippen LogP contribution in [0.4, 0.5) is 0 Å². The molecule has 96 valence electrons. The van der Waals surface area contributed by atoms with E-state index in [4.69, 9.17) is 0 Å². The first-order valence-electron chi connectivity index (χ1n) is 6.66. The molecular weight excluding hydrogens is 198 g/mol. The fourth-order valence-electron chi connectivity index (χ4n) is 2.42. The van der Waals surface area contributed by atoms with E-state index in [1.54, 1.807) is 0 Å². The van der Waals surface area contributed by atoms with Gasteiger partial charge in [0.05, 0.1) is 0 Å². The third kappa shape index (κ3) is 5.28. The van der Waals surface area contributed by atoms with Gasteiger partial charge in [-0.3, -0.25) is 0 Å². The average Bonchev–Trinajstić information content (AvgIpc) is 2.25. The van der Waals surface area contributed by atoms with E-state index < -0.39 is 0 Å². The van der Waals surface area contributed by atoms with Gasteiger partial charge in [0.2, 0.25) is 0 Å². The first-order chi connectivity index (χ1) is 7.59. The molecule has 0 aromatic rings. The SMILES string of the molecule is CC(NCCCN(C)C)C1CCN(C)CC1. The molecule has 0 radical (unpaired) electrons. The molecule has 1 saturated heterocycles. The van der Waals surface area contributed by atoms with Gasteiger partial charge in [0.25, 0.3) is 0 Å². The number of nitrogens with one attached hydrogen (secondary N) is 1. The molecule has 3 heteroatoms. The van der Waals surface area contributed by atoms with Crippen LogP contribution in [0.3, 0.4) is 0 Å². The van der Waals surface area contributed by atoms with Crippen LogP contribution >= 0.6 is 0 Å². The third-order valence-corrected chi connectivity index (χ3v) is 3.72. The van der Waals surface area contributed by atoms with Crippen molar-refractivity contribution in [3.63, 3.8) is 0 Å². The average molecular weight is 227 g/mol. The molecule has 1 rings (SSSR count). The Balaban J connectivity index is 2.08. The van der Waals surface area contributed by atoms with Gasteiger partial charge < -0.3 is 15.1 Å². The fraction of sp³-hybridized carbons (Fsp3) is 1.00. The van der Waals surface area contributed by atoms with E-state index in [1.165, 1.54) is 38.9 Å². The lowest BCUT2D eigenvalue weighted by Gasteiger charge is -2.33. The highest BCUT2D eigenvalue weighted by Crippen LogP contribution is 2.19. The van der Waals surface area contributed by atoms with E-state index in [-0.39, 0.29) is 0 Å². The maximum absolute atomic E-state index is 3.68. The van der Waals surface area contributed by atoms with Crippen LogP contribution in [-0.4, -0.2) is 63.2 Å². The summed E-state index contributed by atoms with van der Waals surface area (Å²) in [6.07, 6.45) is 3.97. The molecule has 0 aliphatic carbocycles. The summed E-state index contributed by atoms with van der Waals surface area (Å²) < 4.78 is 0. The summed E-state index contributed by atoms with van der Waals surface area (Å²) in [5, 5.41) is 3.68. The first-order valence-corrected chi connectivity index (χ1v) is 6.66.